The van der Waals surface area contributed by atoms with Gasteiger partial charge in [0.25, 0.3) is 5.91 Å². The number of carbonyl (C=O) groups excluding carboxylic acids is 1. The first-order valence-corrected chi connectivity index (χ1v) is 9.06. The standard InChI is InChI=1S/C19H16F3N3OS/c20-19(21,22)13-27-17-7-5-15(6-8-17)18(26)23-12-14-3-1-4-16(11-14)25-10-2-9-24-25/h1-11H,12-13H2,(H,23,26). The second kappa shape index (κ2) is 8.30. The number of alkyl halides is 3. The second-order valence-corrected chi connectivity index (χ2v) is 6.78. The summed E-state index contributed by atoms with van der Waals surface area (Å²) in [5.41, 5.74) is 2.20. The summed E-state index contributed by atoms with van der Waals surface area (Å²) in [5, 5.41) is 6.97. The fourth-order valence-corrected chi connectivity index (χ4v) is 3.04. The third-order valence-corrected chi connectivity index (χ3v) is 4.73. The molecule has 0 saturated carbocycles. The van der Waals surface area contributed by atoms with Crippen molar-refractivity contribution in [1.29, 1.82) is 0 Å². The number of rotatable bonds is 6. The van der Waals surface area contributed by atoms with Crippen LogP contribution < -0.4 is 5.32 Å². The van der Waals surface area contributed by atoms with E-state index in [0.29, 0.717) is 28.8 Å². The number of hydrogen-bond donors (Lipinski definition) is 1. The van der Waals surface area contributed by atoms with E-state index < -0.39 is 11.9 Å². The first-order valence-electron chi connectivity index (χ1n) is 8.07. The minimum absolute atomic E-state index is 0.285. The van der Waals surface area contributed by atoms with Crippen LogP contribution in [0.15, 0.2) is 71.9 Å². The van der Waals surface area contributed by atoms with Crippen LogP contribution in [-0.2, 0) is 6.54 Å². The maximum atomic E-state index is 12.2. The molecule has 140 valence electrons. The Labute approximate surface area is 158 Å². The molecule has 0 fully saturated rings. The Morgan fingerprint density at radius 2 is 1.89 bits per heavy atom. The summed E-state index contributed by atoms with van der Waals surface area (Å²) >= 11 is 0.693. The van der Waals surface area contributed by atoms with Crippen LogP contribution in [0.2, 0.25) is 0 Å². The smallest absolute Gasteiger partial charge is 0.348 e. The lowest BCUT2D eigenvalue weighted by Gasteiger charge is -2.09. The summed E-state index contributed by atoms with van der Waals surface area (Å²) in [7, 11) is 0. The molecule has 27 heavy (non-hydrogen) atoms. The number of carbonyl (C=O) groups is 1. The van der Waals surface area contributed by atoms with Gasteiger partial charge in [0.05, 0.1) is 11.4 Å². The van der Waals surface area contributed by atoms with Gasteiger partial charge in [0, 0.05) is 29.4 Å². The zero-order valence-electron chi connectivity index (χ0n) is 14.1. The predicted octanol–water partition coefficient (Wildman–Crippen LogP) is 4.46. The van der Waals surface area contributed by atoms with Crippen LogP contribution in [0, 0.1) is 0 Å². The van der Waals surface area contributed by atoms with Crippen molar-refractivity contribution in [3.8, 4) is 5.69 Å². The van der Waals surface area contributed by atoms with Crippen LogP contribution in [0.3, 0.4) is 0 Å². The predicted molar refractivity (Wildman–Crippen MR) is 98.0 cm³/mol. The lowest BCUT2D eigenvalue weighted by Crippen LogP contribution is -2.22. The van der Waals surface area contributed by atoms with E-state index in [1.165, 1.54) is 24.3 Å². The van der Waals surface area contributed by atoms with Crippen molar-refractivity contribution in [2.75, 3.05) is 5.75 Å². The van der Waals surface area contributed by atoms with E-state index in [0.717, 1.165) is 11.3 Å². The molecule has 0 aliphatic rings. The maximum Gasteiger partial charge on any atom is 0.398 e. The zero-order valence-corrected chi connectivity index (χ0v) is 14.9. The molecule has 0 aliphatic carbocycles. The van der Waals surface area contributed by atoms with Crippen molar-refractivity contribution in [1.82, 2.24) is 15.1 Å². The number of hydrogen-bond acceptors (Lipinski definition) is 3. The Bertz CT molecular complexity index is 893. The Morgan fingerprint density at radius 1 is 1.11 bits per heavy atom. The van der Waals surface area contributed by atoms with Crippen molar-refractivity contribution in [2.24, 2.45) is 0 Å². The lowest BCUT2D eigenvalue weighted by molar-refractivity contribution is -0.105. The molecule has 1 N–H and O–H groups in total. The van der Waals surface area contributed by atoms with Crippen molar-refractivity contribution < 1.29 is 18.0 Å². The Balaban J connectivity index is 1.57. The molecule has 1 amide bonds. The molecule has 0 spiro atoms. The molecule has 4 nitrogen and oxygen atoms in total. The van der Waals surface area contributed by atoms with E-state index >= 15 is 0 Å². The average molecular weight is 391 g/mol. The molecular weight excluding hydrogens is 375 g/mol. The van der Waals surface area contributed by atoms with Crippen molar-refractivity contribution in [2.45, 2.75) is 17.6 Å². The summed E-state index contributed by atoms with van der Waals surface area (Å²) in [5.74, 6) is -1.24. The summed E-state index contributed by atoms with van der Waals surface area (Å²) < 4.78 is 38.4. The highest BCUT2D eigenvalue weighted by Crippen LogP contribution is 2.27. The van der Waals surface area contributed by atoms with Gasteiger partial charge in [-0.25, -0.2) is 4.68 Å². The number of thioether (sulfide) groups is 1. The summed E-state index contributed by atoms with van der Waals surface area (Å²) in [6.45, 7) is 0.332. The van der Waals surface area contributed by atoms with Crippen molar-refractivity contribution >= 4 is 17.7 Å². The van der Waals surface area contributed by atoms with Gasteiger partial charge in [0.1, 0.15) is 0 Å². The molecule has 2 aromatic carbocycles. The molecule has 0 saturated heterocycles. The summed E-state index contributed by atoms with van der Waals surface area (Å²) in [4.78, 5) is 12.7. The van der Waals surface area contributed by atoms with E-state index in [-0.39, 0.29) is 5.91 Å². The molecule has 1 aromatic heterocycles. The van der Waals surface area contributed by atoms with Gasteiger partial charge in [-0.3, -0.25) is 4.79 Å². The molecular formula is C19H16F3N3OS. The van der Waals surface area contributed by atoms with Crippen LogP contribution >= 0.6 is 11.8 Å². The third kappa shape index (κ3) is 5.62. The molecule has 0 unspecified atom stereocenters. The summed E-state index contributed by atoms with van der Waals surface area (Å²) in [6, 6.07) is 15.5. The van der Waals surface area contributed by atoms with Crippen LogP contribution in [0.5, 0.6) is 0 Å². The second-order valence-electron chi connectivity index (χ2n) is 5.73. The topological polar surface area (TPSA) is 46.9 Å². The third-order valence-electron chi connectivity index (χ3n) is 3.65. The van der Waals surface area contributed by atoms with E-state index in [1.807, 2.05) is 36.5 Å². The fourth-order valence-electron chi connectivity index (χ4n) is 2.38. The highest BCUT2D eigenvalue weighted by molar-refractivity contribution is 7.99. The minimum Gasteiger partial charge on any atom is -0.348 e. The zero-order chi connectivity index (χ0) is 19.3. The van der Waals surface area contributed by atoms with Crippen LogP contribution in [0.4, 0.5) is 13.2 Å². The molecule has 3 rings (SSSR count). The minimum atomic E-state index is -4.22. The van der Waals surface area contributed by atoms with Gasteiger partial charge in [0.2, 0.25) is 0 Å². The van der Waals surface area contributed by atoms with E-state index in [1.54, 1.807) is 10.9 Å². The largest absolute Gasteiger partial charge is 0.398 e. The number of halogens is 3. The molecule has 0 aliphatic heterocycles. The van der Waals surface area contributed by atoms with Gasteiger partial charge in [-0.05, 0) is 48.0 Å². The Morgan fingerprint density at radius 3 is 2.56 bits per heavy atom. The summed E-state index contributed by atoms with van der Waals surface area (Å²) in [6.07, 6.45) is -0.702. The van der Waals surface area contributed by atoms with Gasteiger partial charge in [-0.2, -0.15) is 18.3 Å². The van der Waals surface area contributed by atoms with Crippen LogP contribution in [0.1, 0.15) is 15.9 Å². The molecule has 3 aromatic rings. The van der Waals surface area contributed by atoms with E-state index in [2.05, 4.69) is 10.4 Å². The number of nitrogens with zero attached hydrogens (tertiary/aromatic N) is 2. The van der Waals surface area contributed by atoms with Gasteiger partial charge in [-0.1, -0.05) is 12.1 Å². The van der Waals surface area contributed by atoms with Crippen LogP contribution in [-0.4, -0.2) is 27.6 Å². The molecule has 1 heterocycles. The number of nitrogens with one attached hydrogen (secondary N) is 1. The highest BCUT2D eigenvalue weighted by Gasteiger charge is 2.27. The molecule has 0 atom stereocenters. The molecule has 8 heteroatoms. The van der Waals surface area contributed by atoms with E-state index in [4.69, 9.17) is 0 Å². The molecule has 0 bridgehead atoms. The first-order chi connectivity index (χ1) is 12.9. The van der Waals surface area contributed by atoms with Gasteiger partial charge in [-0.15, -0.1) is 11.8 Å². The highest BCUT2D eigenvalue weighted by atomic mass is 32.2. The van der Waals surface area contributed by atoms with Gasteiger partial charge < -0.3 is 5.32 Å². The number of aromatic nitrogens is 2. The van der Waals surface area contributed by atoms with Crippen LogP contribution in [0.25, 0.3) is 5.69 Å². The Hall–Kier alpha value is -2.74. The normalized spacial score (nSPS) is 11.4. The number of benzene rings is 2. The Kier molecular flexibility index (Phi) is 5.85. The molecule has 0 radical (unpaired) electrons. The number of amides is 1. The first kappa shape index (κ1) is 19.0. The van der Waals surface area contributed by atoms with Crippen molar-refractivity contribution in [3.63, 3.8) is 0 Å². The van der Waals surface area contributed by atoms with E-state index in [9.17, 15) is 18.0 Å². The maximum absolute atomic E-state index is 12.2. The van der Waals surface area contributed by atoms with Gasteiger partial charge in [0.15, 0.2) is 0 Å². The van der Waals surface area contributed by atoms with Gasteiger partial charge >= 0.3 is 6.18 Å². The quantitative estimate of drug-likeness (QED) is 0.632. The van der Waals surface area contributed by atoms with Crippen molar-refractivity contribution in [3.05, 3.63) is 78.1 Å². The SMILES string of the molecule is O=C(NCc1cccc(-n2cccn2)c1)c1ccc(SCC(F)(F)F)cc1. The monoisotopic (exact) mass is 391 g/mol. The average Bonchev–Trinajstić information content (AvgIpc) is 3.19. The fraction of sp³-hybridized carbons (Fsp3) is 0.158. The lowest BCUT2D eigenvalue weighted by atomic mass is 10.2.